The predicted molar refractivity (Wildman–Crippen MR) is 153 cm³/mol. The molecule has 232 valence electrons. The van der Waals surface area contributed by atoms with Crippen molar-refractivity contribution in [3.8, 4) is 5.75 Å². The molecule has 2 saturated heterocycles. The third-order valence-corrected chi connectivity index (χ3v) is 9.63. The molecule has 2 aromatic rings. The van der Waals surface area contributed by atoms with Crippen LogP contribution in [-0.2, 0) is 31.0 Å². The lowest BCUT2D eigenvalue weighted by Gasteiger charge is -2.49. The van der Waals surface area contributed by atoms with Gasteiger partial charge in [0.05, 0.1) is 0 Å². The number of aromatic nitrogens is 4. The van der Waals surface area contributed by atoms with E-state index in [0.717, 1.165) is 4.90 Å². The Morgan fingerprint density at radius 1 is 1.14 bits per heavy atom. The average molecular weight is 646 g/mol. The minimum atomic E-state index is -1.42. The zero-order valence-corrected chi connectivity index (χ0v) is 25.0. The fourth-order valence-corrected chi connectivity index (χ4v) is 7.20. The van der Waals surface area contributed by atoms with Gasteiger partial charge < -0.3 is 25.7 Å². The highest BCUT2D eigenvalue weighted by Gasteiger charge is 2.54. The number of likely N-dealkylation sites (N-methyl/N-ethyl adjacent to an activating group) is 1. The summed E-state index contributed by atoms with van der Waals surface area (Å²) in [7, 11) is 1.64. The first kappa shape index (κ1) is 30.8. The lowest BCUT2D eigenvalue weighted by Crippen LogP contribution is -2.71. The van der Waals surface area contributed by atoms with Gasteiger partial charge in [0.25, 0.3) is 5.91 Å². The maximum absolute atomic E-state index is 13.6. The Morgan fingerprint density at radius 3 is 2.50 bits per heavy atom. The van der Waals surface area contributed by atoms with Crippen molar-refractivity contribution in [3.63, 3.8) is 0 Å². The average Bonchev–Trinajstić information content (AvgIpc) is 3.42. The number of aryl methyl sites for hydroxylation is 1. The SMILES string of the molecule is CCN1CCN(C(=O)N[C@@H](C(=O)NC2C(=O)N3C(C(=O)O)=C(CSc4nnnn4C)CS[C@H]23)c2ccc(O)cc2)C(=O)C1=O. The van der Waals surface area contributed by atoms with Crippen LogP contribution in [0.25, 0.3) is 0 Å². The number of carboxylic acids is 1. The summed E-state index contributed by atoms with van der Waals surface area (Å²) < 4.78 is 1.44. The molecule has 1 aromatic carbocycles. The van der Waals surface area contributed by atoms with Crippen LogP contribution in [-0.4, -0.2) is 123 Å². The molecule has 0 bridgehead atoms. The third kappa shape index (κ3) is 5.79. The minimum Gasteiger partial charge on any atom is -0.508 e. The molecular weight excluding hydrogens is 618 g/mol. The number of rotatable bonds is 9. The van der Waals surface area contributed by atoms with Crippen LogP contribution >= 0.6 is 23.5 Å². The molecule has 3 aliphatic heterocycles. The first-order valence-electron chi connectivity index (χ1n) is 13.3. The summed E-state index contributed by atoms with van der Waals surface area (Å²) in [6.45, 7) is 2.04. The second-order valence-electron chi connectivity index (χ2n) is 9.84. The molecule has 4 N–H and O–H groups in total. The maximum Gasteiger partial charge on any atom is 0.352 e. The van der Waals surface area contributed by atoms with Crippen LogP contribution in [0, 0.1) is 0 Å². The van der Waals surface area contributed by atoms with Gasteiger partial charge in [-0.3, -0.25) is 29.0 Å². The first-order chi connectivity index (χ1) is 21.0. The molecule has 3 atom stereocenters. The quantitative estimate of drug-likeness (QED) is 0.145. The molecule has 3 aliphatic rings. The Morgan fingerprint density at radius 2 is 1.86 bits per heavy atom. The van der Waals surface area contributed by atoms with E-state index in [1.54, 1.807) is 14.0 Å². The van der Waals surface area contributed by atoms with Crippen LogP contribution in [0.1, 0.15) is 18.5 Å². The highest BCUT2D eigenvalue weighted by Crippen LogP contribution is 2.41. The molecule has 0 radical (unpaired) electrons. The fourth-order valence-electron chi connectivity index (χ4n) is 4.86. The Hall–Kier alpha value is -4.65. The van der Waals surface area contributed by atoms with E-state index in [-0.39, 0.29) is 41.6 Å². The number of benzene rings is 1. The summed E-state index contributed by atoms with van der Waals surface area (Å²) in [6.07, 6.45) is 0. The Kier molecular flexibility index (Phi) is 8.77. The van der Waals surface area contributed by atoms with Crippen LogP contribution in [0.5, 0.6) is 5.75 Å². The van der Waals surface area contributed by atoms with Gasteiger partial charge in [-0.25, -0.2) is 14.3 Å². The van der Waals surface area contributed by atoms with Crippen molar-refractivity contribution in [3.05, 3.63) is 41.1 Å². The monoisotopic (exact) mass is 645 g/mol. The van der Waals surface area contributed by atoms with E-state index in [2.05, 4.69) is 26.2 Å². The van der Waals surface area contributed by atoms with Gasteiger partial charge in [-0.2, -0.15) is 0 Å². The van der Waals surface area contributed by atoms with Gasteiger partial charge in [-0.05, 0) is 40.6 Å². The van der Waals surface area contributed by atoms with Crippen molar-refractivity contribution in [1.29, 1.82) is 0 Å². The van der Waals surface area contributed by atoms with Crippen LogP contribution in [0.2, 0.25) is 0 Å². The van der Waals surface area contributed by atoms with Crippen molar-refractivity contribution in [1.82, 2.24) is 45.5 Å². The molecule has 0 saturated carbocycles. The number of aliphatic carboxylic acids is 1. The maximum atomic E-state index is 13.6. The zero-order valence-electron chi connectivity index (χ0n) is 23.4. The number of nitrogens with zero attached hydrogens (tertiary/aromatic N) is 7. The molecule has 5 rings (SSSR count). The van der Waals surface area contributed by atoms with Gasteiger partial charge in [-0.1, -0.05) is 23.9 Å². The van der Waals surface area contributed by atoms with Crippen molar-refractivity contribution in [2.75, 3.05) is 31.1 Å². The van der Waals surface area contributed by atoms with Gasteiger partial charge in [0.15, 0.2) is 0 Å². The number of nitrogens with one attached hydrogen (secondary N) is 2. The van der Waals surface area contributed by atoms with Gasteiger partial charge in [0, 0.05) is 38.2 Å². The van der Waals surface area contributed by atoms with Gasteiger partial charge >= 0.3 is 23.8 Å². The summed E-state index contributed by atoms with van der Waals surface area (Å²) in [4.78, 5) is 80.1. The summed E-state index contributed by atoms with van der Waals surface area (Å²) in [5.74, 6) is -4.26. The van der Waals surface area contributed by atoms with Crippen molar-refractivity contribution in [2.45, 2.75) is 29.5 Å². The molecule has 1 unspecified atom stereocenters. The van der Waals surface area contributed by atoms with Crippen LogP contribution in [0.3, 0.4) is 0 Å². The highest BCUT2D eigenvalue weighted by atomic mass is 32.2. The summed E-state index contributed by atoms with van der Waals surface area (Å²) in [5.41, 5.74) is 0.536. The molecule has 0 aliphatic carbocycles. The Labute approximate surface area is 258 Å². The summed E-state index contributed by atoms with van der Waals surface area (Å²) >= 11 is 2.49. The third-order valence-electron chi connectivity index (χ3n) is 7.20. The summed E-state index contributed by atoms with van der Waals surface area (Å²) in [5, 5.41) is 35.6. The number of hydrogen-bond donors (Lipinski definition) is 4. The van der Waals surface area contributed by atoms with Crippen molar-refractivity contribution in [2.24, 2.45) is 7.05 Å². The van der Waals surface area contributed by atoms with Gasteiger partial charge in [0.2, 0.25) is 11.1 Å². The van der Waals surface area contributed by atoms with E-state index in [0.29, 0.717) is 22.2 Å². The molecule has 2 fully saturated rings. The largest absolute Gasteiger partial charge is 0.508 e. The molecule has 17 nitrogen and oxygen atoms in total. The number of phenols is 1. The van der Waals surface area contributed by atoms with E-state index in [1.807, 2.05) is 0 Å². The number of aromatic hydroxyl groups is 1. The minimum absolute atomic E-state index is 0.0823. The lowest BCUT2D eigenvalue weighted by atomic mass is 10.0. The number of β-lactam (4-membered cyclic amide) rings is 1. The number of tetrazole rings is 1. The normalized spacial score (nSPS) is 20.7. The van der Waals surface area contributed by atoms with E-state index in [4.69, 9.17) is 0 Å². The molecule has 6 amide bonds. The number of carboxylic acid groups (broad SMARTS) is 1. The number of urea groups is 1. The zero-order chi connectivity index (χ0) is 31.7. The van der Waals surface area contributed by atoms with Crippen molar-refractivity contribution < 1.29 is 39.0 Å². The molecule has 1 aromatic heterocycles. The molecule has 44 heavy (non-hydrogen) atoms. The van der Waals surface area contributed by atoms with E-state index in [1.165, 1.54) is 57.4 Å². The molecule has 19 heteroatoms. The molecule has 4 heterocycles. The number of imide groups is 1. The summed E-state index contributed by atoms with van der Waals surface area (Å²) in [6, 6.07) is 1.84. The van der Waals surface area contributed by atoms with Gasteiger partial charge in [0.1, 0.15) is 28.9 Å². The second-order valence-corrected chi connectivity index (χ2v) is 11.9. The Bertz CT molecular complexity index is 1560. The Balaban J connectivity index is 1.31. The lowest BCUT2D eigenvalue weighted by molar-refractivity contribution is -0.153. The number of phenolic OH excluding ortho intramolecular Hbond substituents is 1. The molecular formula is C25H27N9O8S2. The molecule has 0 spiro atoms. The second kappa shape index (κ2) is 12.5. The van der Waals surface area contributed by atoms with E-state index in [9.17, 15) is 39.0 Å². The van der Waals surface area contributed by atoms with E-state index >= 15 is 0 Å². The number of thioether (sulfide) groups is 2. The number of piperazine rings is 1. The van der Waals surface area contributed by atoms with Crippen molar-refractivity contribution >= 4 is 59.2 Å². The van der Waals surface area contributed by atoms with Gasteiger partial charge in [-0.15, -0.1) is 16.9 Å². The standard InChI is InChI=1S/C25H27N9O8S2/c1-3-32-8-9-33(21(39)20(32)38)24(42)27-15(12-4-6-14(35)7-5-12)18(36)26-16-19(37)34-17(23(40)41)13(10-43-22(16)34)11-44-25-28-29-30-31(25)2/h4-7,15-16,22,35H,3,8-11H2,1-2H3,(H,26,36)(H,27,42)(H,40,41)/t15-,16?,22-/m1/s1. The number of amides is 6. The number of carbonyl (C=O) groups is 6. The smallest absolute Gasteiger partial charge is 0.352 e. The van der Waals surface area contributed by atoms with Crippen LogP contribution in [0.4, 0.5) is 4.79 Å². The first-order valence-corrected chi connectivity index (χ1v) is 15.3. The number of fused-ring (bicyclic) bond motifs is 1. The highest BCUT2D eigenvalue weighted by molar-refractivity contribution is 8.01. The number of carbonyl (C=O) groups excluding carboxylic acids is 5. The van der Waals surface area contributed by atoms with Crippen LogP contribution < -0.4 is 10.6 Å². The predicted octanol–water partition coefficient (Wildman–Crippen LogP) is -1.11. The topological polar surface area (TPSA) is 220 Å². The van der Waals surface area contributed by atoms with Crippen LogP contribution in [0.15, 0.2) is 40.7 Å². The number of hydrogen-bond acceptors (Lipinski definition) is 12. The fraction of sp³-hybridized carbons (Fsp3) is 0.400. The van der Waals surface area contributed by atoms with E-state index < -0.39 is 53.1 Å².